The van der Waals surface area contributed by atoms with Gasteiger partial charge in [0, 0.05) is 0 Å². The highest BCUT2D eigenvalue weighted by molar-refractivity contribution is 5.75. The van der Waals surface area contributed by atoms with Crippen molar-refractivity contribution in [2.24, 2.45) is 11.8 Å². The zero-order chi connectivity index (χ0) is 16.1. The van der Waals surface area contributed by atoms with Gasteiger partial charge in [0.1, 0.15) is 5.75 Å². The molecule has 3 atom stereocenters. The Morgan fingerprint density at radius 3 is 2.77 bits per heavy atom. The van der Waals surface area contributed by atoms with E-state index < -0.39 is 0 Å². The van der Waals surface area contributed by atoms with E-state index in [-0.39, 0.29) is 11.9 Å². The fourth-order valence-electron chi connectivity index (χ4n) is 3.21. The van der Waals surface area contributed by atoms with Crippen LogP contribution in [0.15, 0.2) is 18.2 Å². The van der Waals surface area contributed by atoms with Crippen molar-refractivity contribution in [1.29, 1.82) is 0 Å². The molecule has 3 unspecified atom stereocenters. The summed E-state index contributed by atoms with van der Waals surface area (Å²) in [5, 5.41) is 0. The van der Waals surface area contributed by atoms with E-state index in [0.29, 0.717) is 11.8 Å². The lowest BCUT2D eigenvalue weighted by Crippen LogP contribution is -2.07. The van der Waals surface area contributed by atoms with Crippen LogP contribution in [0, 0.1) is 11.8 Å². The Balaban J connectivity index is 2.00. The average Bonchev–Trinajstić information content (AvgIpc) is 3.30. The normalized spacial score (nSPS) is 21.3. The smallest absolute Gasteiger partial charge is 0.308 e. The Labute approximate surface area is 134 Å². The van der Waals surface area contributed by atoms with Gasteiger partial charge in [-0.2, -0.15) is 0 Å². The van der Waals surface area contributed by atoms with Gasteiger partial charge in [0.15, 0.2) is 0 Å². The Bertz CT molecular complexity index is 509. The van der Waals surface area contributed by atoms with E-state index in [1.54, 1.807) is 0 Å². The summed E-state index contributed by atoms with van der Waals surface area (Å²) < 4.78 is 10.6. The largest absolute Gasteiger partial charge is 0.494 e. The first kappa shape index (κ1) is 16.9. The van der Waals surface area contributed by atoms with E-state index in [1.807, 2.05) is 0 Å². The van der Waals surface area contributed by atoms with Gasteiger partial charge in [-0.3, -0.25) is 4.79 Å². The summed E-state index contributed by atoms with van der Waals surface area (Å²) in [7, 11) is 1.48. The number of rotatable bonds is 8. The van der Waals surface area contributed by atoms with Gasteiger partial charge in [-0.05, 0) is 60.8 Å². The maximum Gasteiger partial charge on any atom is 0.308 e. The van der Waals surface area contributed by atoms with E-state index in [4.69, 9.17) is 9.47 Å². The van der Waals surface area contributed by atoms with Crippen molar-refractivity contribution >= 4 is 5.97 Å². The first-order valence-electron chi connectivity index (χ1n) is 8.44. The zero-order valence-electron chi connectivity index (χ0n) is 14.2. The highest BCUT2D eigenvalue weighted by atomic mass is 16.5. The second kappa shape index (κ2) is 7.66. The van der Waals surface area contributed by atoms with Crippen LogP contribution in [0.2, 0.25) is 0 Å². The first-order chi connectivity index (χ1) is 10.6. The van der Waals surface area contributed by atoms with Gasteiger partial charge in [-0.1, -0.05) is 26.8 Å². The molecule has 1 aromatic rings. The van der Waals surface area contributed by atoms with Crippen molar-refractivity contribution in [2.45, 2.75) is 52.4 Å². The van der Waals surface area contributed by atoms with Crippen molar-refractivity contribution in [3.63, 3.8) is 0 Å². The third kappa shape index (κ3) is 4.02. The van der Waals surface area contributed by atoms with Gasteiger partial charge in [0.05, 0.1) is 19.6 Å². The lowest BCUT2D eigenvalue weighted by atomic mass is 9.90. The molecule has 3 nitrogen and oxygen atoms in total. The Morgan fingerprint density at radius 2 is 2.14 bits per heavy atom. The predicted molar refractivity (Wildman–Crippen MR) is 88.3 cm³/mol. The Kier molecular flexibility index (Phi) is 5.87. The SMILES string of the molecule is CCCOc1ccc(C(C)CC2CC2C(=O)OC)c(CC)c1. The number of aryl methyl sites for hydroxylation is 1. The van der Waals surface area contributed by atoms with Crippen molar-refractivity contribution < 1.29 is 14.3 Å². The van der Waals surface area contributed by atoms with Gasteiger partial charge in [-0.15, -0.1) is 0 Å². The molecule has 3 heteroatoms. The summed E-state index contributed by atoms with van der Waals surface area (Å²) in [5.74, 6) is 2.01. The minimum Gasteiger partial charge on any atom is -0.494 e. The fourth-order valence-corrected chi connectivity index (χ4v) is 3.21. The monoisotopic (exact) mass is 304 g/mol. The quantitative estimate of drug-likeness (QED) is 0.670. The molecule has 1 aliphatic carbocycles. The number of carbonyl (C=O) groups excluding carboxylic acids is 1. The topological polar surface area (TPSA) is 35.5 Å². The van der Waals surface area contributed by atoms with Gasteiger partial charge in [-0.25, -0.2) is 0 Å². The molecule has 2 rings (SSSR count). The molecule has 0 amide bonds. The van der Waals surface area contributed by atoms with Crippen LogP contribution in [-0.4, -0.2) is 19.7 Å². The van der Waals surface area contributed by atoms with Gasteiger partial charge < -0.3 is 9.47 Å². The molecule has 0 aromatic heterocycles. The Morgan fingerprint density at radius 1 is 1.36 bits per heavy atom. The minimum absolute atomic E-state index is 0.0452. The van der Waals surface area contributed by atoms with Crippen LogP contribution in [0.5, 0.6) is 5.75 Å². The molecule has 0 aliphatic heterocycles. The lowest BCUT2D eigenvalue weighted by Gasteiger charge is -2.17. The lowest BCUT2D eigenvalue weighted by molar-refractivity contribution is -0.142. The van der Waals surface area contributed by atoms with Crippen LogP contribution in [0.1, 0.15) is 57.1 Å². The molecule has 0 heterocycles. The molecule has 0 saturated heterocycles. The zero-order valence-corrected chi connectivity index (χ0v) is 14.2. The van der Waals surface area contributed by atoms with Crippen LogP contribution in [0.4, 0.5) is 0 Å². The number of ether oxygens (including phenoxy) is 2. The number of hydrogen-bond donors (Lipinski definition) is 0. The van der Waals surface area contributed by atoms with Crippen molar-refractivity contribution in [1.82, 2.24) is 0 Å². The predicted octanol–water partition coefficient (Wildman–Crippen LogP) is 4.34. The standard InChI is InChI=1S/C19H28O3/c1-5-9-22-16-7-8-17(14(6-2)11-16)13(3)10-15-12-18(15)19(20)21-4/h7-8,11,13,15,18H,5-6,9-10,12H2,1-4H3. The molecule has 22 heavy (non-hydrogen) atoms. The summed E-state index contributed by atoms with van der Waals surface area (Å²) in [6, 6.07) is 6.45. The second-order valence-electron chi connectivity index (χ2n) is 6.32. The molecule has 1 fully saturated rings. The van der Waals surface area contributed by atoms with Crippen LogP contribution in [-0.2, 0) is 16.0 Å². The Hall–Kier alpha value is -1.51. The van der Waals surface area contributed by atoms with E-state index in [2.05, 4.69) is 39.0 Å². The molecule has 1 aromatic carbocycles. The number of benzene rings is 1. The molecule has 1 saturated carbocycles. The highest BCUT2D eigenvalue weighted by Gasteiger charge is 2.44. The maximum atomic E-state index is 11.5. The third-order valence-corrected chi connectivity index (χ3v) is 4.58. The molecule has 0 spiro atoms. The van der Waals surface area contributed by atoms with E-state index >= 15 is 0 Å². The van der Waals surface area contributed by atoms with Crippen molar-refractivity contribution in [2.75, 3.05) is 13.7 Å². The highest BCUT2D eigenvalue weighted by Crippen LogP contribution is 2.46. The number of carbonyl (C=O) groups is 1. The molecule has 0 bridgehead atoms. The van der Waals surface area contributed by atoms with Crippen LogP contribution >= 0.6 is 0 Å². The first-order valence-corrected chi connectivity index (χ1v) is 8.44. The van der Waals surface area contributed by atoms with E-state index in [9.17, 15) is 4.79 Å². The summed E-state index contributed by atoms with van der Waals surface area (Å²) in [6.45, 7) is 7.32. The maximum absolute atomic E-state index is 11.5. The van der Waals surface area contributed by atoms with Crippen molar-refractivity contribution in [3.8, 4) is 5.75 Å². The summed E-state index contributed by atoms with van der Waals surface area (Å²) in [4.78, 5) is 11.5. The molecular formula is C19H28O3. The van der Waals surface area contributed by atoms with Gasteiger partial charge >= 0.3 is 5.97 Å². The van der Waals surface area contributed by atoms with Crippen LogP contribution in [0.25, 0.3) is 0 Å². The van der Waals surface area contributed by atoms with Gasteiger partial charge in [0.25, 0.3) is 0 Å². The number of methoxy groups -OCH3 is 1. The molecular weight excluding hydrogens is 276 g/mol. The van der Waals surface area contributed by atoms with Gasteiger partial charge in [0.2, 0.25) is 0 Å². The average molecular weight is 304 g/mol. The summed E-state index contributed by atoms with van der Waals surface area (Å²) in [5.41, 5.74) is 2.75. The van der Waals surface area contributed by atoms with Crippen molar-refractivity contribution in [3.05, 3.63) is 29.3 Å². The summed E-state index contributed by atoms with van der Waals surface area (Å²) in [6.07, 6.45) is 4.07. The fraction of sp³-hybridized carbons (Fsp3) is 0.632. The molecule has 0 radical (unpaired) electrons. The third-order valence-electron chi connectivity index (χ3n) is 4.58. The molecule has 122 valence electrons. The van der Waals surface area contributed by atoms with E-state index in [1.165, 1.54) is 18.2 Å². The number of esters is 1. The van der Waals surface area contributed by atoms with Crippen LogP contribution in [0.3, 0.4) is 0 Å². The summed E-state index contributed by atoms with van der Waals surface area (Å²) >= 11 is 0. The minimum atomic E-state index is -0.0452. The molecule has 0 N–H and O–H groups in total. The number of hydrogen-bond acceptors (Lipinski definition) is 3. The van der Waals surface area contributed by atoms with Crippen LogP contribution < -0.4 is 4.74 Å². The second-order valence-corrected chi connectivity index (χ2v) is 6.32. The molecule has 1 aliphatic rings. The van der Waals surface area contributed by atoms with E-state index in [0.717, 1.165) is 38.0 Å².